The molecule has 3 aromatic rings. The van der Waals surface area contributed by atoms with E-state index < -0.39 is 33.4 Å². The number of aromatic nitrogens is 2. The van der Waals surface area contributed by atoms with Crippen molar-refractivity contribution in [3.63, 3.8) is 0 Å². The topological polar surface area (TPSA) is 101 Å². The Labute approximate surface area is 180 Å². The highest BCUT2D eigenvalue weighted by Crippen LogP contribution is 2.45. The molecule has 166 valence electrons. The Morgan fingerprint density at radius 1 is 1.19 bits per heavy atom. The number of hydrogen-bond donors (Lipinski definition) is 1. The molecule has 8 nitrogen and oxygen atoms in total. The van der Waals surface area contributed by atoms with Gasteiger partial charge < -0.3 is 10.0 Å². The highest BCUT2D eigenvalue weighted by Gasteiger charge is 2.50. The number of piperidine rings is 1. The standard InChI is InChI=1S/C22H20F2N4O4/c23-14-5-4-13(17(24)9-14)10-22(30)11-15-6-7-16(12-22)27(15)20-19(28(31)32)21(29)26-8-2-1-3-18(26)25-20/h1-5,8-9,15-16,30H,6-7,10-12H2/t15-,16-/m0/s1. The predicted molar refractivity (Wildman–Crippen MR) is 112 cm³/mol. The van der Waals surface area contributed by atoms with Gasteiger partial charge in [-0.1, -0.05) is 12.1 Å². The van der Waals surface area contributed by atoms with E-state index in [0.717, 1.165) is 16.5 Å². The van der Waals surface area contributed by atoms with Crippen LogP contribution in [0.3, 0.4) is 0 Å². The summed E-state index contributed by atoms with van der Waals surface area (Å²) in [6, 6.07) is 7.58. The first kappa shape index (κ1) is 20.5. The van der Waals surface area contributed by atoms with Crippen molar-refractivity contribution in [3.8, 4) is 0 Å². The van der Waals surface area contributed by atoms with Crippen LogP contribution in [-0.4, -0.2) is 37.1 Å². The first-order valence-corrected chi connectivity index (χ1v) is 10.4. The Balaban J connectivity index is 1.52. The third-order valence-electron chi connectivity index (χ3n) is 6.50. The zero-order chi connectivity index (χ0) is 22.6. The minimum absolute atomic E-state index is 0.00807. The van der Waals surface area contributed by atoms with Crippen molar-refractivity contribution < 1.29 is 18.8 Å². The van der Waals surface area contributed by atoms with Crippen LogP contribution in [0.5, 0.6) is 0 Å². The Hall–Kier alpha value is -3.40. The number of nitrogens with zero attached hydrogens (tertiary/aromatic N) is 4. The van der Waals surface area contributed by atoms with Crippen molar-refractivity contribution in [2.45, 2.75) is 49.8 Å². The van der Waals surface area contributed by atoms with Crippen LogP contribution < -0.4 is 10.5 Å². The maximum atomic E-state index is 14.2. The van der Waals surface area contributed by atoms with Crippen LogP contribution in [0.25, 0.3) is 5.65 Å². The number of rotatable bonds is 4. The molecule has 0 spiro atoms. The van der Waals surface area contributed by atoms with E-state index in [1.165, 1.54) is 12.3 Å². The van der Waals surface area contributed by atoms with Crippen molar-refractivity contribution >= 4 is 17.2 Å². The Kier molecular flexibility index (Phi) is 4.70. The third-order valence-corrected chi connectivity index (χ3v) is 6.50. The number of pyridine rings is 1. The fraction of sp³-hybridized carbons (Fsp3) is 0.364. The molecular formula is C22H20F2N4O4. The van der Waals surface area contributed by atoms with E-state index in [1.807, 2.05) is 0 Å². The van der Waals surface area contributed by atoms with Gasteiger partial charge in [0, 0.05) is 30.8 Å². The van der Waals surface area contributed by atoms with Gasteiger partial charge in [-0.25, -0.2) is 13.8 Å². The first-order valence-electron chi connectivity index (χ1n) is 10.4. The normalized spacial score (nSPS) is 24.8. The molecule has 2 aromatic heterocycles. The maximum absolute atomic E-state index is 14.2. The van der Waals surface area contributed by atoms with Gasteiger partial charge in [0.2, 0.25) is 5.82 Å². The maximum Gasteiger partial charge on any atom is 0.376 e. The van der Waals surface area contributed by atoms with Crippen molar-refractivity contribution in [1.82, 2.24) is 9.38 Å². The van der Waals surface area contributed by atoms with Crippen LogP contribution in [-0.2, 0) is 6.42 Å². The van der Waals surface area contributed by atoms with Gasteiger partial charge in [0.05, 0.1) is 10.5 Å². The number of anilines is 1. The molecule has 10 heteroatoms. The number of aliphatic hydroxyl groups is 1. The quantitative estimate of drug-likeness (QED) is 0.493. The lowest BCUT2D eigenvalue weighted by Gasteiger charge is -2.44. The lowest BCUT2D eigenvalue weighted by molar-refractivity contribution is -0.385. The monoisotopic (exact) mass is 442 g/mol. The Morgan fingerprint density at radius 3 is 2.56 bits per heavy atom. The smallest absolute Gasteiger partial charge is 0.376 e. The third kappa shape index (κ3) is 3.31. The molecule has 1 N–H and O–H groups in total. The van der Waals surface area contributed by atoms with E-state index in [1.54, 1.807) is 23.1 Å². The van der Waals surface area contributed by atoms with Crippen molar-refractivity contribution in [2.75, 3.05) is 4.90 Å². The van der Waals surface area contributed by atoms with Gasteiger partial charge in [0.15, 0.2) is 0 Å². The molecule has 2 fully saturated rings. The lowest BCUT2D eigenvalue weighted by Crippen LogP contribution is -2.53. The summed E-state index contributed by atoms with van der Waals surface area (Å²) in [6.07, 6.45) is 3.22. The number of nitro groups is 1. The second kappa shape index (κ2) is 7.33. The molecule has 4 heterocycles. The molecule has 2 bridgehead atoms. The fourth-order valence-corrected chi connectivity index (χ4v) is 5.24. The minimum atomic E-state index is -1.25. The average Bonchev–Trinajstić information content (AvgIpc) is 3.01. The molecule has 32 heavy (non-hydrogen) atoms. The molecule has 2 aliphatic rings. The van der Waals surface area contributed by atoms with E-state index in [4.69, 9.17) is 0 Å². The van der Waals surface area contributed by atoms with Crippen LogP contribution >= 0.6 is 0 Å². The molecule has 2 saturated heterocycles. The summed E-state index contributed by atoms with van der Waals surface area (Å²) < 4.78 is 28.6. The van der Waals surface area contributed by atoms with Crippen molar-refractivity contribution in [1.29, 1.82) is 0 Å². The van der Waals surface area contributed by atoms with Crippen molar-refractivity contribution in [2.24, 2.45) is 0 Å². The van der Waals surface area contributed by atoms with Gasteiger partial charge >= 0.3 is 11.2 Å². The summed E-state index contributed by atoms with van der Waals surface area (Å²) >= 11 is 0. The molecule has 0 aliphatic carbocycles. The van der Waals surface area contributed by atoms with Gasteiger partial charge in [0.1, 0.15) is 17.3 Å². The van der Waals surface area contributed by atoms with Gasteiger partial charge in [-0.3, -0.25) is 19.3 Å². The lowest BCUT2D eigenvalue weighted by atomic mass is 9.81. The Morgan fingerprint density at radius 2 is 1.91 bits per heavy atom. The van der Waals surface area contributed by atoms with E-state index >= 15 is 0 Å². The number of halogens is 2. The summed E-state index contributed by atoms with van der Waals surface area (Å²) in [5.41, 5.74) is -2.09. The second-order valence-electron chi connectivity index (χ2n) is 8.61. The summed E-state index contributed by atoms with van der Waals surface area (Å²) in [5.74, 6) is -1.39. The van der Waals surface area contributed by atoms with Gasteiger partial charge in [-0.2, -0.15) is 0 Å². The fourth-order valence-electron chi connectivity index (χ4n) is 5.24. The molecule has 0 amide bonds. The predicted octanol–water partition coefficient (Wildman–Crippen LogP) is 2.99. The van der Waals surface area contributed by atoms with Crippen LogP contribution in [0.15, 0.2) is 47.4 Å². The first-order chi connectivity index (χ1) is 15.3. The van der Waals surface area contributed by atoms with Crippen LogP contribution in [0.2, 0.25) is 0 Å². The molecule has 2 aliphatic heterocycles. The van der Waals surface area contributed by atoms with Crippen molar-refractivity contribution in [3.05, 3.63) is 80.3 Å². The van der Waals surface area contributed by atoms with E-state index in [9.17, 15) is 28.8 Å². The number of hydrogen-bond acceptors (Lipinski definition) is 6. The van der Waals surface area contributed by atoms with Gasteiger partial charge in [-0.15, -0.1) is 0 Å². The van der Waals surface area contributed by atoms with E-state index in [-0.39, 0.29) is 42.7 Å². The zero-order valence-corrected chi connectivity index (χ0v) is 16.9. The molecule has 5 rings (SSSR count). The highest BCUT2D eigenvalue weighted by molar-refractivity contribution is 5.63. The van der Waals surface area contributed by atoms with E-state index in [0.29, 0.717) is 18.5 Å². The average molecular weight is 442 g/mol. The second-order valence-corrected chi connectivity index (χ2v) is 8.61. The molecule has 2 atom stereocenters. The largest absolute Gasteiger partial charge is 0.389 e. The molecule has 1 aromatic carbocycles. The zero-order valence-electron chi connectivity index (χ0n) is 16.9. The van der Waals surface area contributed by atoms with E-state index in [2.05, 4.69) is 4.98 Å². The highest BCUT2D eigenvalue weighted by atomic mass is 19.1. The van der Waals surface area contributed by atoms with Crippen LogP contribution in [0.4, 0.5) is 20.3 Å². The summed E-state index contributed by atoms with van der Waals surface area (Å²) in [6.45, 7) is 0. The molecular weight excluding hydrogens is 422 g/mol. The van der Waals surface area contributed by atoms with Crippen LogP contribution in [0, 0.1) is 21.7 Å². The summed E-state index contributed by atoms with van der Waals surface area (Å²) in [7, 11) is 0. The summed E-state index contributed by atoms with van der Waals surface area (Å²) in [4.78, 5) is 30.1. The van der Waals surface area contributed by atoms with Gasteiger partial charge in [0.25, 0.3) is 0 Å². The van der Waals surface area contributed by atoms with Gasteiger partial charge in [-0.05, 0) is 49.4 Å². The number of fused-ring (bicyclic) bond motifs is 3. The molecule has 0 unspecified atom stereocenters. The summed E-state index contributed by atoms with van der Waals surface area (Å²) in [5, 5.41) is 23.1. The van der Waals surface area contributed by atoms with Crippen LogP contribution in [0.1, 0.15) is 31.2 Å². The minimum Gasteiger partial charge on any atom is -0.389 e. The molecule has 0 saturated carbocycles. The SMILES string of the molecule is O=c1c([N+](=O)[O-])c(N2[C@H]3CC[C@H]2CC(O)(Cc2ccc(F)cc2F)C3)nc2ccccn12. The molecule has 0 radical (unpaired) electrons. The Bertz CT molecular complexity index is 1280. The number of benzene rings is 1.